The second-order valence-corrected chi connectivity index (χ2v) is 11.0. The molecule has 1 spiro atoms. The Labute approximate surface area is 211 Å². The van der Waals surface area contributed by atoms with Crippen LogP contribution in [0.1, 0.15) is 48.8 Å². The van der Waals surface area contributed by atoms with Crippen LogP contribution in [0.2, 0.25) is 0 Å². The predicted octanol–water partition coefficient (Wildman–Crippen LogP) is 4.09. The van der Waals surface area contributed by atoms with Crippen molar-refractivity contribution < 1.29 is 23.8 Å². The molecule has 1 saturated heterocycles. The van der Waals surface area contributed by atoms with Gasteiger partial charge in [-0.2, -0.15) is 0 Å². The number of benzene rings is 2. The minimum atomic E-state index is -0.818. The van der Waals surface area contributed by atoms with Crippen LogP contribution >= 0.6 is 0 Å². The lowest BCUT2D eigenvalue weighted by molar-refractivity contribution is -0.212. The summed E-state index contributed by atoms with van der Waals surface area (Å²) >= 11 is 0. The number of piperidine rings is 1. The number of carbonyl (C=O) groups excluding carboxylic acids is 2. The van der Waals surface area contributed by atoms with Crippen molar-refractivity contribution in [1.29, 1.82) is 0 Å². The van der Waals surface area contributed by atoms with E-state index >= 15 is 0 Å². The fourth-order valence-corrected chi connectivity index (χ4v) is 7.54. The monoisotopic (exact) mass is 485 g/mol. The largest absolute Gasteiger partial charge is 0.493 e. The molecule has 2 bridgehead atoms. The number of methoxy groups -OCH3 is 1. The van der Waals surface area contributed by atoms with Gasteiger partial charge in [0.1, 0.15) is 5.60 Å². The number of esters is 1. The highest BCUT2D eigenvalue weighted by molar-refractivity contribution is 5.92. The van der Waals surface area contributed by atoms with E-state index < -0.39 is 17.1 Å². The molecule has 2 saturated carbocycles. The zero-order valence-electron chi connectivity index (χ0n) is 20.6. The molecule has 7 rings (SSSR count). The lowest BCUT2D eigenvalue weighted by Crippen LogP contribution is -2.77. The topological polar surface area (TPSA) is 65.1 Å². The van der Waals surface area contributed by atoms with Crippen molar-refractivity contribution in [3.05, 3.63) is 65.2 Å². The Morgan fingerprint density at radius 3 is 2.78 bits per heavy atom. The molecule has 4 atom stereocenters. The number of Topliss-reactive ketones (excluding diaryl/α,β-unsaturated/α-hetero) is 1. The van der Waals surface area contributed by atoms with Crippen molar-refractivity contribution in [3.63, 3.8) is 0 Å². The Bertz CT molecular complexity index is 1270. The fraction of sp³-hybridized carbons (Fsp3) is 0.467. The maximum atomic E-state index is 13.5. The number of ether oxygens (including phenoxy) is 3. The summed E-state index contributed by atoms with van der Waals surface area (Å²) in [5.74, 6) is 1.78. The summed E-state index contributed by atoms with van der Waals surface area (Å²) in [7, 11) is 1.63. The minimum Gasteiger partial charge on any atom is -0.493 e. The van der Waals surface area contributed by atoms with Crippen LogP contribution in [0.25, 0.3) is 6.08 Å². The lowest BCUT2D eigenvalue weighted by atomic mass is 9.48. The third-order valence-corrected chi connectivity index (χ3v) is 9.22. The first-order chi connectivity index (χ1) is 17.6. The van der Waals surface area contributed by atoms with Gasteiger partial charge in [-0.25, -0.2) is 4.79 Å². The van der Waals surface area contributed by atoms with Gasteiger partial charge in [-0.05, 0) is 67.8 Å². The van der Waals surface area contributed by atoms with E-state index in [-0.39, 0.29) is 17.8 Å². The summed E-state index contributed by atoms with van der Waals surface area (Å²) in [5.41, 5.74) is 1.69. The second-order valence-electron chi connectivity index (χ2n) is 11.0. The van der Waals surface area contributed by atoms with Gasteiger partial charge in [-0.1, -0.05) is 36.4 Å². The zero-order valence-corrected chi connectivity index (χ0v) is 20.6. The minimum absolute atomic E-state index is 0.0203. The van der Waals surface area contributed by atoms with Gasteiger partial charge < -0.3 is 14.2 Å². The van der Waals surface area contributed by atoms with Gasteiger partial charge in [0.2, 0.25) is 0 Å². The first-order valence-electron chi connectivity index (χ1n) is 13.2. The van der Waals surface area contributed by atoms with E-state index in [9.17, 15) is 9.59 Å². The Hall–Kier alpha value is -3.12. The number of nitrogens with zero attached hydrogens (tertiary/aromatic N) is 1. The Morgan fingerprint density at radius 1 is 1.17 bits per heavy atom. The van der Waals surface area contributed by atoms with E-state index in [0.29, 0.717) is 24.3 Å². The molecule has 186 valence electrons. The normalized spacial score (nSPS) is 32.2. The summed E-state index contributed by atoms with van der Waals surface area (Å²) < 4.78 is 18.8. The van der Waals surface area contributed by atoms with Crippen LogP contribution in [0.3, 0.4) is 0 Å². The molecule has 2 aromatic carbocycles. The fourth-order valence-electron chi connectivity index (χ4n) is 7.54. The van der Waals surface area contributed by atoms with Crippen molar-refractivity contribution in [1.82, 2.24) is 4.90 Å². The van der Waals surface area contributed by atoms with Crippen molar-refractivity contribution >= 4 is 17.8 Å². The van der Waals surface area contributed by atoms with Crippen LogP contribution in [0.15, 0.2) is 48.5 Å². The van der Waals surface area contributed by atoms with Gasteiger partial charge >= 0.3 is 5.97 Å². The number of rotatable bonds is 6. The van der Waals surface area contributed by atoms with E-state index in [1.807, 2.05) is 36.4 Å². The highest BCUT2D eigenvalue weighted by Crippen LogP contribution is 2.66. The smallest absolute Gasteiger partial charge is 0.331 e. The molecule has 3 fully saturated rings. The molecule has 0 radical (unpaired) electrons. The van der Waals surface area contributed by atoms with E-state index in [1.54, 1.807) is 13.2 Å². The summed E-state index contributed by atoms with van der Waals surface area (Å²) in [6.45, 7) is 1.90. The molecule has 6 nitrogen and oxygen atoms in total. The van der Waals surface area contributed by atoms with E-state index in [2.05, 4.69) is 11.0 Å². The molecular formula is C30H31NO5. The van der Waals surface area contributed by atoms with Crippen molar-refractivity contribution in [2.45, 2.75) is 61.7 Å². The molecule has 2 aliphatic heterocycles. The molecule has 5 aliphatic rings. The molecule has 36 heavy (non-hydrogen) atoms. The summed E-state index contributed by atoms with van der Waals surface area (Å²) in [5, 5.41) is 0. The third-order valence-electron chi connectivity index (χ3n) is 9.22. The third kappa shape index (κ3) is 3.00. The van der Waals surface area contributed by atoms with E-state index in [0.717, 1.165) is 43.0 Å². The van der Waals surface area contributed by atoms with Gasteiger partial charge in [-0.3, -0.25) is 9.69 Å². The van der Waals surface area contributed by atoms with E-state index in [1.165, 1.54) is 24.5 Å². The number of carbonyl (C=O) groups is 2. The first kappa shape index (κ1) is 22.1. The second kappa shape index (κ2) is 7.94. The quantitative estimate of drug-likeness (QED) is 0.454. The Kier molecular flexibility index (Phi) is 4.88. The lowest BCUT2D eigenvalue weighted by Gasteiger charge is -2.63. The van der Waals surface area contributed by atoms with Crippen LogP contribution in [0, 0.1) is 5.92 Å². The van der Waals surface area contributed by atoms with Gasteiger partial charge in [0.25, 0.3) is 0 Å². The number of likely N-dealkylation sites (tertiary alicyclic amines) is 1. The molecule has 0 aromatic heterocycles. The number of hydrogen-bond acceptors (Lipinski definition) is 6. The average molecular weight is 486 g/mol. The van der Waals surface area contributed by atoms with Crippen LogP contribution in [-0.2, 0) is 26.2 Å². The molecule has 2 aromatic rings. The first-order valence-corrected chi connectivity index (χ1v) is 13.2. The van der Waals surface area contributed by atoms with E-state index in [4.69, 9.17) is 14.2 Å². The molecule has 3 aliphatic carbocycles. The molecule has 0 amide bonds. The SMILES string of the molecule is COc1ccc2c3c1OC1C(=O)CCC4(OC(=O)C=Cc5ccccc5)C(C2)N(CC2CC2)CCC314. The molecular weight excluding hydrogens is 454 g/mol. The number of ketones is 1. The van der Waals surface area contributed by atoms with Crippen LogP contribution < -0.4 is 9.47 Å². The zero-order chi connectivity index (χ0) is 24.5. The van der Waals surface area contributed by atoms with Crippen molar-refractivity contribution in [2.24, 2.45) is 5.92 Å². The number of hydrogen-bond donors (Lipinski definition) is 0. The summed E-state index contributed by atoms with van der Waals surface area (Å²) in [6, 6.07) is 13.9. The van der Waals surface area contributed by atoms with Gasteiger partial charge in [0.05, 0.1) is 18.6 Å². The Balaban J connectivity index is 1.36. The highest BCUT2D eigenvalue weighted by atomic mass is 16.6. The molecule has 2 heterocycles. The van der Waals surface area contributed by atoms with Crippen LogP contribution in [0.5, 0.6) is 11.5 Å². The molecule has 6 heteroatoms. The summed E-state index contributed by atoms with van der Waals surface area (Å²) in [4.78, 5) is 29.4. The van der Waals surface area contributed by atoms with Gasteiger partial charge in [-0.15, -0.1) is 0 Å². The maximum Gasteiger partial charge on any atom is 0.331 e. The van der Waals surface area contributed by atoms with Gasteiger partial charge in [0.15, 0.2) is 23.4 Å². The predicted molar refractivity (Wildman–Crippen MR) is 134 cm³/mol. The highest BCUT2D eigenvalue weighted by Gasteiger charge is 2.75. The maximum absolute atomic E-state index is 13.5. The summed E-state index contributed by atoms with van der Waals surface area (Å²) in [6.07, 6.45) is 7.61. The Morgan fingerprint density at radius 2 is 2.00 bits per heavy atom. The standard InChI is InChI=1S/C30H31NO5/c1-34-23-11-10-21-17-24-30(36-25(33)12-9-19-5-3-2-4-6-19)14-13-22(32)28-29(30,26(21)27(23)35-28)15-16-31(24)18-20-7-8-20/h2-6,9-12,20,24,28H,7-8,13-18H2,1H3. The molecule has 4 unspecified atom stereocenters. The molecule has 0 N–H and O–H groups in total. The van der Waals surface area contributed by atoms with Crippen LogP contribution in [0.4, 0.5) is 0 Å². The van der Waals surface area contributed by atoms with Crippen molar-refractivity contribution in [3.8, 4) is 11.5 Å². The van der Waals surface area contributed by atoms with Crippen molar-refractivity contribution in [2.75, 3.05) is 20.2 Å². The van der Waals surface area contributed by atoms with Gasteiger partial charge in [0, 0.05) is 24.6 Å². The van der Waals surface area contributed by atoms with Crippen LogP contribution in [-0.4, -0.2) is 54.6 Å². The average Bonchev–Trinajstić information content (AvgIpc) is 3.64.